The number of nitrogens with one attached hydrogen (secondary N) is 1. The van der Waals surface area contributed by atoms with E-state index < -0.39 is 0 Å². The number of benzene rings is 2. The van der Waals surface area contributed by atoms with Gasteiger partial charge < -0.3 is 10.1 Å². The number of carbonyl (C=O) groups excluding carboxylic acids is 1. The highest BCUT2D eigenvalue weighted by molar-refractivity contribution is 5.95. The Morgan fingerprint density at radius 2 is 1.77 bits per heavy atom. The molecule has 1 N–H and O–H groups in total. The number of anilines is 1. The predicted molar refractivity (Wildman–Crippen MR) is 119 cm³/mol. The molecular weight excluding hydrogens is 393 g/mol. The monoisotopic (exact) mass is 423 g/mol. The second-order valence-corrected chi connectivity index (χ2v) is 9.75. The summed E-state index contributed by atoms with van der Waals surface area (Å²) in [6.45, 7) is 7.20. The average Bonchev–Trinajstić information content (AvgIpc) is 3.02. The lowest BCUT2D eigenvalue weighted by Crippen LogP contribution is -2.61. The smallest absolute Gasteiger partial charge is 0.322 e. The van der Waals surface area contributed by atoms with E-state index in [0.29, 0.717) is 19.8 Å². The topological polar surface area (TPSA) is 44.8 Å². The van der Waals surface area contributed by atoms with E-state index in [0.717, 1.165) is 30.6 Å². The number of hydrogen-bond acceptors (Lipinski definition) is 3. The van der Waals surface area contributed by atoms with E-state index in [1.165, 1.54) is 17.7 Å². The van der Waals surface area contributed by atoms with E-state index in [2.05, 4.69) is 30.1 Å². The van der Waals surface area contributed by atoms with Crippen molar-refractivity contribution in [1.82, 2.24) is 10.2 Å². The fourth-order valence-electron chi connectivity index (χ4n) is 5.45. The highest BCUT2D eigenvalue weighted by Crippen LogP contribution is 2.40. The Morgan fingerprint density at radius 3 is 2.48 bits per heavy atom. The lowest BCUT2D eigenvalue weighted by atomic mass is 9.87. The minimum atomic E-state index is -0.208. The van der Waals surface area contributed by atoms with Crippen LogP contribution in [0.1, 0.15) is 37.8 Å². The Bertz CT molecular complexity index is 947. The molecule has 2 atom stereocenters. The van der Waals surface area contributed by atoms with Gasteiger partial charge in [0.25, 0.3) is 0 Å². The van der Waals surface area contributed by atoms with Gasteiger partial charge in [0, 0.05) is 42.3 Å². The van der Waals surface area contributed by atoms with Gasteiger partial charge >= 0.3 is 6.03 Å². The minimum Gasteiger partial charge on any atom is -0.378 e. The highest BCUT2D eigenvalue weighted by Gasteiger charge is 2.42. The SMILES string of the molecule is CC1(C)CN(C(=O)NC2CC3COCC(C2)N3Cc2ccc(F)cc2)c2ccccc21. The van der Waals surface area contributed by atoms with Gasteiger partial charge in [0.1, 0.15) is 5.82 Å². The summed E-state index contributed by atoms with van der Waals surface area (Å²) >= 11 is 0. The first kappa shape index (κ1) is 20.5. The molecule has 0 spiro atoms. The number of amides is 2. The molecule has 0 saturated carbocycles. The van der Waals surface area contributed by atoms with Gasteiger partial charge in [0.05, 0.1) is 13.2 Å². The van der Waals surface area contributed by atoms with E-state index in [-0.39, 0.29) is 35.4 Å². The molecule has 2 bridgehead atoms. The summed E-state index contributed by atoms with van der Waals surface area (Å²) in [5.74, 6) is -0.208. The number of halogens is 1. The summed E-state index contributed by atoms with van der Waals surface area (Å²) in [5.41, 5.74) is 3.31. The van der Waals surface area contributed by atoms with Crippen LogP contribution in [0.5, 0.6) is 0 Å². The van der Waals surface area contributed by atoms with Crippen molar-refractivity contribution in [3.8, 4) is 0 Å². The fourth-order valence-corrected chi connectivity index (χ4v) is 5.45. The number of urea groups is 1. The van der Waals surface area contributed by atoms with Crippen LogP contribution in [-0.4, -0.2) is 48.8 Å². The molecule has 2 fully saturated rings. The summed E-state index contributed by atoms with van der Waals surface area (Å²) in [7, 11) is 0. The molecule has 3 aliphatic heterocycles. The quantitative estimate of drug-likeness (QED) is 0.810. The fraction of sp³-hybridized carbons (Fsp3) is 0.480. The Hall–Kier alpha value is -2.44. The molecule has 6 heteroatoms. The van der Waals surface area contributed by atoms with E-state index in [9.17, 15) is 9.18 Å². The van der Waals surface area contributed by atoms with Gasteiger partial charge in [-0.25, -0.2) is 9.18 Å². The first-order valence-corrected chi connectivity index (χ1v) is 11.2. The molecule has 31 heavy (non-hydrogen) atoms. The summed E-state index contributed by atoms with van der Waals surface area (Å²) in [5, 5.41) is 3.32. The maximum atomic E-state index is 13.3. The largest absolute Gasteiger partial charge is 0.378 e. The van der Waals surface area contributed by atoms with Crippen LogP contribution in [0.2, 0.25) is 0 Å². The van der Waals surface area contributed by atoms with Crippen LogP contribution in [0, 0.1) is 5.82 Å². The molecule has 0 radical (unpaired) electrons. The van der Waals surface area contributed by atoms with Crippen molar-refractivity contribution in [3.05, 3.63) is 65.5 Å². The normalized spacial score (nSPS) is 27.1. The lowest BCUT2D eigenvalue weighted by molar-refractivity contribution is -0.0840. The summed E-state index contributed by atoms with van der Waals surface area (Å²) in [4.78, 5) is 17.6. The predicted octanol–water partition coefficient (Wildman–Crippen LogP) is 4.06. The number of ether oxygens (including phenoxy) is 1. The number of nitrogens with zero attached hydrogens (tertiary/aromatic N) is 2. The highest BCUT2D eigenvalue weighted by atomic mass is 19.1. The van der Waals surface area contributed by atoms with Gasteiger partial charge in [0.2, 0.25) is 0 Å². The third kappa shape index (κ3) is 3.94. The Morgan fingerprint density at radius 1 is 1.10 bits per heavy atom. The van der Waals surface area contributed by atoms with Gasteiger partial charge in [0.15, 0.2) is 0 Å². The number of para-hydroxylation sites is 1. The molecule has 2 unspecified atom stereocenters. The van der Waals surface area contributed by atoms with Crippen LogP contribution >= 0.6 is 0 Å². The Labute approximate surface area is 183 Å². The van der Waals surface area contributed by atoms with E-state index in [1.807, 2.05) is 35.2 Å². The Kier molecular flexibility index (Phi) is 5.22. The molecule has 3 aliphatic rings. The third-order valence-corrected chi connectivity index (χ3v) is 7.00. The number of carbonyl (C=O) groups is 1. The van der Waals surface area contributed by atoms with Crippen molar-refractivity contribution in [3.63, 3.8) is 0 Å². The van der Waals surface area contributed by atoms with Gasteiger partial charge in [-0.15, -0.1) is 0 Å². The van der Waals surface area contributed by atoms with Gasteiger partial charge in [-0.1, -0.05) is 44.2 Å². The van der Waals surface area contributed by atoms with Crippen molar-refractivity contribution >= 4 is 11.7 Å². The van der Waals surface area contributed by atoms with Crippen LogP contribution in [-0.2, 0) is 16.7 Å². The van der Waals surface area contributed by atoms with Gasteiger partial charge in [-0.2, -0.15) is 0 Å². The number of rotatable bonds is 3. The second-order valence-electron chi connectivity index (χ2n) is 9.75. The van der Waals surface area contributed by atoms with E-state index in [4.69, 9.17) is 4.74 Å². The zero-order valence-corrected chi connectivity index (χ0v) is 18.2. The average molecular weight is 424 g/mol. The number of hydrogen-bond donors (Lipinski definition) is 1. The molecule has 164 valence electrons. The maximum Gasteiger partial charge on any atom is 0.322 e. The molecule has 2 amide bonds. The zero-order valence-electron chi connectivity index (χ0n) is 18.2. The molecule has 0 aliphatic carbocycles. The maximum absolute atomic E-state index is 13.3. The van der Waals surface area contributed by atoms with Crippen molar-refractivity contribution in [2.45, 2.75) is 56.8 Å². The standard InChI is InChI=1S/C25H30FN3O2/c1-25(2)16-29(23-6-4-3-5-22(23)25)24(30)27-19-11-20-14-31-15-21(12-19)28(20)13-17-7-9-18(26)10-8-17/h3-10,19-21H,11-16H2,1-2H3,(H,27,30). The summed E-state index contributed by atoms with van der Waals surface area (Å²) in [6, 6.07) is 15.6. The van der Waals surface area contributed by atoms with Gasteiger partial charge in [-0.05, 0) is 42.2 Å². The molecule has 2 aromatic carbocycles. The molecule has 2 aromatic rings. The molecule has 0 aromatic heterocycles. The molecule has 5 nitrogen and oxygen atoms in total. The molecule has 2 saturated heterocycles. The molecule has 3 heterocycles. The Balaban J connectivity index is 1.26. The number of piperidine rings is 1. The van der Waals surface area contributed by atoms with Crippen LogP contribution < -0.4 is 10.2 Å². The first-order valence-electron chi connectivity index (χ1n) is 11.2. The zero-order chi connectivity index (χ0) is 21.6. The van der Waals surface area contributed by atoms with Gasteiger partial charge in [-0.3, -0.25) is 9.80 Å². The van der Waals surface area contributed by atoms with Crippen molar-refractivity contribution in [2.75, 3.05) is 24.7 Å². The number of fused-ring (bicyclic) bond motifs is 3. The third-order valence-electron chi connectivity index (χ3n) is 7.00. The lowest BCUT2D eigenvalue weighted by Gasteiger charge is -2.48. The summed E-state index contributed by atoms with van der Waals surface area (Å²) in [6.07, 6.45) is 1.73. The first-order chi connectivity index (χ1) is 14.9. The molecular formula is C25H30FN3O2. The molecule has 5 rings (SSSR count). The summed E-state index contributed by atoms with van der Waals surface area (Å²) < 4.78 is 19.1. The minimum absolute atomic E-state index is 0.00555. The van der Waals surface area contributed by atoms with Crippen LogP contribution in [0.4, 0.5) is 14.9 Å². The van der Waals surface area contributed by atoms with E-state index >= 15 is 0 Å². The van der Waals surface area contributed by atoms with Crippen molar-refractivity contribution in [2.24, 2.45) is 0 Å². The second kappa shape index (κ2) is 7.92. The van der Waals surface area contributed by atoms with Crippen LogP contribution in [0.15, 0.2) is 48.5 Å². The van der Waals surface area contributed by atoms with Crippen molar-refractivity contribution in [1.29, 1.82) is 0 Å². The van der Waals surface area contributed by atoms with Crippen LogP contribution in [0.25, 0.3) is 0 Å². The van der Waals surface area contributed by atoms with E-state index in [1.54, 1.807) is 0 Å². The van der Waals surface area contributed by atoms with Crippen molar-refractivity contribution < 1.29 is 13.9 Å². The number of morpholine rings is 1. The van der Waals surface area contributed by atoms with Crippen LogP contribution in [0.3, 0.4) is 0 Å².